The molecule has 1 fully saturated rings. The Kier molecular flexibility index (Phi) is 8.69. The zero-order valence-electron chi connectivity index (χ0n) is 20.7. The fourth-order valence-corrected chi connectivity index (χ4v) is 5.68. The molecule has 1 aromatic heterocycles. The van der Waals surface area contributed by atoms with Gasteiger partial charge >= 0.3 is 0 Å². The van der Waals surface area contributed by atoms with Gasteiger partial charge in [-0.15, -0.1) is 10.2 Å². The molecule has 3 aromatic rings. The average molecular weight is 495 g/mol. The van der Waals surface area contributed by atoms with E-state index in [-0.39, 0.29) is 11.9 Å². The van der Waals surface area contributed by atoms with E-state index in [1.165, 1.54) is 32.1 Å². The van der Waals surface area contributed by atoms with Crippen LogP contribution in [0.2, 0.25) is 0 Å². The summed E-state index contributed by atoms with van der Waals surface area (Å²) in [4.78, 5) is 13.4. The minimum Gasteiger partial charge on any atom is -0.497 e. The summed E-state index contributed by atoms with van der Waals surface area (Å²) in [6, 6.07) is 14.9. The number of nitrogens with zero attached hydrogens (tertiary/aromatic N) is 3. The van der Waals surface area contributed by atoms with E-state index in [0.29, 0.717) is 23.5 Å². The second-order valence-electron chi connectivity index (χ2n) is 9.00. The van der Waals surface area contributed by atoms with Crippen LogP contribution < -0.4 is 14.8 Å². The number of nitrogens with one attached hydrogen (secondary N) is 1. The molecule has 1 amide bonds. The molecule has 0 unspecified atom stereocenters. The van der Waals surface area contributed by atoms with Gasteiger partial charge in [-0.05, 0) is 42.9 Å². The van der Waals surface area contributed by atoms with Crippen LogP contribution in [0.15, 0.2) is 53.7 Å². The number of thioether (sulfide) groups is 1. The highest BCUT2D eigenvalue weighted by Gasteiger charge is 2.25. The number of hydrogen-bond acceptors (Lipinski definition) is 6. The van der Waals surface area contributed by atoms with Crippen molar-refractivity contribution >= 4 is 17.7 Å². The molecule has 0 saturated heterocycles. The van der Waals surface area contributed by atoms with E-state index in [2.05, 4.69) is 27.6 Å². The van der Waals surface area contributed by atoms with Gasteiger partial charge in [-0.1, -0.05) is 61.4 Å². The standard InChI is InChI=1S/C27H34N4O3S/c1-31-25(29-30-27(31)35-18-20-12-8-5-9-13-20)23(16-19-10-6-4-7-11-19)28-26(32)22-15-14-21(33-2)17-24(22)34-3/h4,6-7,10-11,14-15,17,20,23H,5,8-9,12-13,16,18H2,1-3H3,(H,28,32)/t23-/m0/s1. The van der Waals surface area contributed by atoms with Gasteiger partial charge in [-0.2, -0.15) is 0 Å². The predicted octanol–water partition coefficient (Wildman–Crippen LogP) is 5.22. The van der Waals surface area contributed by atoms with Crippen molar-refractivity contribution in [2.24, 2.45) is 13.0 Å². The third-order valence-corrected chi connectivity index (χ3v) is 7.85. The van der Waals surface area contributed by atoms with Gasteiger partial charge in [-0.25, -0.2) is 0 Å². The first-order valence-corrected chi connectivity index (χ1v) is 13.2. The highest BCUT2D eigenvalue weighted by Crippen LogP contribution is 2.31. The van der Waals surface area contributed by atoms with Crippen LogP contribution >= 0.6 is 11.8 Å². The smallest absolute Gasteiger partial charge is 0.255 e. The van der Waals surface area contributed by atoms with Crippen molar-refractivity contribution in [1.29, 1.82) is 0 Å². The Bertz CT molecular complexity index is 1110. The second-order valence-corrected chi connectivity index (χ2v) is 9.98. The number of rotatable bonds is 10. The van der Waals surface area contributed by atoms with Gasteiger partial charge in [0.05, 0.1) is 25.8 Å². The summed E-state index contributed by atoms with van der Waals surface area (Å²) in [5.74, 6) is 3.40. The lowest BCUT2D eigenvalue weighted by Gasteiger charge is -2.21. The normalized spacial score (nSPS) is 14.9. The second kappa shape index (κ2) is 12.1. The molecule has 0 bridgehead atoms. The van der Waals surface area contributed by atoms with Gasteiger partial charge < -0.3 is 19.4 Å². The molecule has 0 aliphatic heterocycles. The molecule has 1 atom stereocenters. The van der Waals surface area contributed by atoms with E-state index in [1.54, 1.807) is 44.2 Å². The summed E-state index contributed by atoms with van der Waals surface area (Å²) in [5.41, 5.74) is 1.55. The molecule has 0 spiro atoms. The largest absolute Gasteiger partial charge is 0.497 e. The molecular weight excluding hydrogens is 460 g/mol. The number of amides is 1. The van der Waals surface area contributed by atoms with Gasteiger partial charge in [-0.3, -0.25) is 4.79 Å². The molecule has 186 valence electrons. The highest BCUT2D eigenvalue weighted by molar-refractivity contribution is 7.99. The Balaban J connectivity index is 1.55. The van der Waals surface area contributed by atoms with E-state index in [1.807, 2.05) is 29.8 Å². The van der Waals surface area contributed by atoms with Gasteiger partial charge in [0.15, 0.2) is 11.0 Å². The van der Waals surface area contributed by atoms with E-state index < -0.39 is 0 Å². The van der Waals surface area contributed by atoms with E-state index in [9.17, 15) is 4.79 Å². The van der Waals surface area contributed by atoms with Crippen molar-refractivity contribution in [1.82, 2.24) is 20.1 Å². The number of carbonyl (C=O) groups excluding carboxylic acids is 1. The minimum atomic E-state index is -0.349. The maximum absolute atomic E-state index is 13.4. The summed E-state index contributed by atoms with van der Waals surface area (Å²) in [6.45, 7) is 0. The Morgan fingerprint density at radius 2 is 1.86 bits per heavy atom. The van der Waals surface area contributed by atoms with E-state index >= 15 is 0 Å². The van der Waals surface area contributed by atoms with Gasteiger partial charge in [0, 0.05) is 18.9 Å². The van der Waals surface area contributed by atoms with Crippen molar-refractivity contribution in [3.63, 3.8) is 0 Å². The molecular formula is C27H34N4O3S. The molecule has 1 saturated carbocycles. The van der Waals surface area contributed by atoms with Crippen LogP contribution in [-0.4, -0.2) is 40.6 Å². The van der Waals surface area contributed by atoms with Crippen molar-refractivity contribution < 1.29 is 14.3 Å². The van der Waals surface area contributed by atoms with Crippen molar-refractivity contribution in [2.75, 3.05) is 20.0 Å². The molecule has 1 aliphatic rings. The third-order valence-electron chi connectivity index (χ3n) is 6.59. The molecule has 1 aliphatic carbocycles. The van der Waals surface area contributed by atoms with Crippen LogP contribution in [0.25, 0.3) is 0 Å². The third kappa shape index (κ3) is 6.36. The van der Waals surface area contributed by atoms with Gasteiger partial charge in [0.2, 0.25) is 0 Å². The molecule has 4 rings (SSSR count). The maximum Gasteiger partial charge on any atom is 0.255 e. The maximum atomic E-state index is 13.4. The van der Waals surface area contributed by atoms with Crippen LogP contribution in [0.5, 0.6) is 11.5 Å². The van der Waals surface area contributed by atoms with Gasteiger partial charge in [0.25, 0.3) is 5.91 Å². The zero-order valence-corrected chi connectivity index (χ0v) is 21.5. The fourth-order valence-electron chi connectivity index (χ4n) is 4.58. The lowest BCUT2D eigenvalue weighted by molar-refractivity contribution is 0.0931. The number of methoxy groups -OCH3 is 2. The predicted molar refractivity (Wildman–Crippen MR) is 138 cm³/mol. The number of benzene rings is 2. The molecule has 35 heavy (non-hydrogen) atoms. The summed E-state index contributed by atoms with van der Waals surface area (Å²) >= 11 is 1.77. The molecule has 0 radical (unpaired) electrons. The summed E-state index contributed by atoms with van der Waals surface area (Å²) in [7, 11) is 5.12. The summed E-state index contributed by atoms with van der Waals surface area (Å²) in [6.07, 6.45) is 7.21. The molecule has 8 heteroatoms. The molecule has 2 aromatic carbocycles. The Morgan fingerprint density at radius 3 is 2.57 bits per heavy atom. The van der Waals surface area contributed by atoms with Crippen LogP contribution in [0.1, 0.15) is 59.9 Å². The highest BCUT2D eigenvalue weighted by atomic mass is 32.2. The van der Waals surface area contributed by atoms with Crippen molar-refractivity contribution in [2.45, 2.75) is 49.7 Å². The lowest BCUT2D eigenvalue weighted by Crippen LogP contribution is -2.32. The summed E-state index contributed by atoms with van der Waals surface area (Å²) in [5, 5.41) is 13.1. The zero-order chi connectivity index (χ0) is 24.6. The average Bonchev–Trinajstić information content (AvgIpc) is 3.27. The van der Waals surface area contributed by atoms with E-state index in [4.69, 9.17) is 9.47 Å². The first kappa shape index (κ1) is 25.1. The molecule has 7 nitrogen and oxygen atoms in total. The summed E-state index contributed by atoms with van der Waals surface area (Å²) < 4.78 is 12.7. The Hall–Kier alpha value is -3.00. The Morgan fingerprint density at radius 1 is 1.09 bits per heavy atom. The quantitative estimate of drug-likeness (QED) is 0.390. The van der Waals surface area contributed by atoms with Crippen LogP contribution in [0.4, 0.5) is 0 Å². The van der Waals surface area contributed by atoms with Crippen molar-refractivity contribution in [3.8, 4) is 11.5 Å². The SMILES string of the molecule is COc1ccc(C(=O)N[C@@H](Cc2ccccc2)c2nnc(SCC3CCCCC3)n2C)c(OC)c1. The first-order chi connectivity index (χ1) is 17.1. The Labute approximate surface area is 211 Å². The minimum absolute atomic E-state index is 0.232. The first-order valence-electron chi connectivity index (χ1n) is 12.2. The molecule has 1 N–H and O–H groups in total. The number of ether oxygens (including phenoxy) is 2. The topological polar surface area (TPSA) is 78.3 Å². The van der Waals surface area contributed by atoms with Crippen LogP contribution in [0.3, 0.4) is 0 Å². The van der Waals surface area contributed by atoms with Crippen molar-refractivity contribution in [3.05, 3.63) is 65.5 Å². The van der Waals surface area contributed by atoms with Crippen LogP contribution in [-0.2, 0) is 13.5 Å². The fraction of sp³-hybridized carbons (Fsp3) is 0.444. The molecule has 1 heterocycles. The van der Waals surface area contributed by atoms with Gasteiger partial charge in [0.1, 0.15) is 11.5 Å². The monoisotopic (exact) mass is 494 g/mol. The van der Waals surface area contributed by atoms with E-state index in [0.717, 1.165) is 28.2 Å². The number of aromatic nitrogens is 3. The van der Waals surface area contributed by atoms with Crippen LogP contribution in [0, 0.1) is 5.92 Å². The number of hydrogen-bond donors (Lipinski definition) is 1. The lowest BCUT2D eigenvalue weighted by atomic mass is 9.91. The number of carbonyl (C=O) groups is 1.